The van der Waals surface area contributed by atoms with Crippen LogP contribution in [-0.2, 0) is 11.2 Å². The highest BCUT2D eigenvalue weighted by Gasteiger charge is 2.31. The molecule has 0 aliphatic carbocycles. The minimum atomic E-state index is -0.680. The Morgan fingerprint density at radius 3 is 2.67 bits per heavy atom. The fourth-order valence-electron chi connectivity index (χ4n) is 2.87. The van der Waals surface area contributed by atoms with Crippen LogP contribution in [0.25, 0.3) is 0 Å². The molecule has 1 atom stereocenters. The van der Waals surface area contributed by atoms with Gasteiger partial charge in [0.05, 0.1) is 5.92 Å². The lowest BCUT2D eigenvalue weighted by molar-refractivity contribution is -0.141. The van der Waals surface area contributed by atoms with Crippen LogP contribution in [0.15, 0.2) is 24.3 Å². The van der Waals surface area contributed by atoms with Gasteiger partial charge in [-0.1, -0.05) is 32.0 Å². The van der Waals surface area contributed by atoms with E-state index in [4.69, 9.17) is 0 Å². The molecule has 2 rings (SSSR count). The van der Waals surface area contributed by atoms with E-state index in [-0.39, 0.29) is 5.92 Å². The molecule has 0 spiro atoms. The zero-order valence-corrected chi connectivity index (χ0v) is 11.1. The van der Waals surface area contributed by atoms with Crippen molar-refractivity contribution in [2.75, 3.05) is 11.4 Å². The van der Waals surface area contributed by atoms with E-state index in [0.29, 0.717) is 19.0 Å². The summed E-state index contributed by atoms with van der Waals surface area (Å²) in [7, 11) is 0. The summed E-state index contributed by atoms with van der Waals surface area (Å²) in [6.45, 7) is 4.97. The second-order valence-electron chi connectivity index (χ2n) is 4.99. The smallest absolute Gasteiger partial charge is 0.308 e. The number of carboxylic acids is 1. The van der Waals surface area contributed by atoms with E-state index in [2.05, 4.69) is 30.9 Å². The van der Waals surface area contributed by atoms with Gasteiger partial charge in [0.15, 0.2) is 0 Å². The van der Waals surface area contributed by atoms with E-state index in [0.717, 1.165) is 12.8 Å². The number of para-hydroxylation sites is 1. The van der Waals surface area contributed by atoms with Gasteiger partial charge in [-0.15, -0.1) is 0 Å². The van der Waals surface area contributed by atoms with Gasteiger partial charge in [-0.05, 0) is 30.9 Å². The minimum absolute atomic E-state index is 0.277. The average Bonchev–Trinajstić information content (AvgIpc) is 2.39. The molecule has 98 valence electrons. The van der Waals surface area contributed by atoms with Gasteiger partial charge in [0.2, 0.25) is 0 Å². The Bertz CT molecular complexity index is 426. The molecule has 1 aliphatic rings. The number of nitrogens with zero attached hydrogens (tertiary/aromatic N) is 1. The maximum absolute atomic E-state index is 11.3. The highest BCUT2D eigenvalue weighted by Crippen LogP contribution is 2.32. The van der Waals surface area contributed by atoms with E-state index in [1.807, 2.05) is 12.1 Å². The summed E-state index contributed by atoms with van der Waals surface area (Å²) in [6.07, 6.45) is 2.76. The Balaban J connectivity index is 2.36. The third kappa shape index (κ3) is 2.35. The van der Waals surface area contributed by atoms with E-state index in [1.165, 1.54) is 11.3 Å². The number of hydrogen-bond acceptors (Lipinski definition) is 2. The standard InChI is InChI=1S/C15H21NO2/c1-3-13(4-2)16-10-12(15(17)18)9-11-7-5-6-8-14(11)16/h5-8,12-13H,3-4,9-10H2,1-2H3,(H,17,18). The summed E-state index contributed by atoms with van der Waals surface area (Å²) in [4.78, 5) is 13.6. The van der Waals surface area contributed by atoms with Crippen LogP contribution < -0.4 is 4.90 Å². The van der Waals surface area contributed by atoms with Crippen molar-refractivity contribution in [3.05, 3.63) is 29.8 Å². The molecule has 1 aliphatic heterocycles. The van der Waals surface area contributed by atoms with Crippen LogP contribution in [0.1, 0.15) is 32.3 Å². The van der Waals surface area contributed by atoms with Crippen molar-refractivity contribution in [1.29, 1.82) is 0 Å². The molecular formula is C15H21NO2. The van der Waals surface area contributed by atoms with Gasteiger partial charge in [-0.2, -0.15) is 0 Å². The quantitative estimate of drug-likeness (QED) is 0.889. The molecule has 0 fully saturated rings. The second-order valence-corrected chi connectivity index (χ2v) is 4.99. The summed E-state index contributed by atoms with van der Waals surface area (Å²) in [5.41, 5.74) is 2.40. The maximum Gasteiger partial charge on any atom is 0.308 e. The number of aliphatic carboxylic acids is 1. The lowest BCUT2D eigenvalue weighted by atomic mass is 9.90. The second kappa shape index (κ2) is 5.42. The SMILES string of the molecule is CCC(CC)N1CC(C(=O)O)Cc2ccccc21. The first-order valence-electron chi connectivity index (χ1n) is 6.74. The topological polar surface area (TPSA) is 40.5 Å². The Labute approximate surface area is 108 Å². The van der Waals surface area contributed by atoms with E-state index >= 15 is 0 Å². The molecule has 1 aromatic carbocycles. The van der Waals surface area contributed by atoms with Gasteiger partial charge in [-0.25, -0.2) is 0 Å². The lowest BCUT2D eigenvalue weighted by Crippen LogP contribution is -2.44. The first-order valence-corrected chi connectivity index (χ1v) is 6.74. The molecule has 3 heteroatoms. The summed E-state index contributed by atoms with van der Waals surface area (Å²) < 4.78 is 0. The van der Waals surface area contributed by atoms with Gasteiger partial charge in [0.25, 0.3) is 0 Å². The van der Waals surface area contributed by atoms with Gasteiger partial charge in [-0.3, -0.25) is 4.79 Å². The molecule has 0 saturated carbocycles. The first kappa shape index (κ1) is 12.9. The largest absolute Gasteiger partial charge is 0.481 e. The normalized spacial score (nSPS) is 18.8. The van der Waals surface area contributed by atoms with Gasteiger partial charge in [0, 0.05) is 18.3 Å². The van der Waals surface area contributed by atoms with Crippen LogP contribution >= 0.6 is 0 Å². The molecular weight excluding hydrogens is 226 g/mol. The number of benzene rings is 1. The van der Waals surface area contributed by atoms with Crippen LogP contribution in [-0.4, -0.2) is 23.7 Å². The van der Waals surface area contributed by atoms with E-state index < -0.39 is 5.97 Å². The average molecular weight is 247 g/mol. The van der Waals surface area contributed by atoms with Crippen LogP contribution in [0, 0.1) is 5.92 Å². The van der Waals surface area contributed by atoms with Gasteiger partial charge in [0.1, 0.15) is 0 Å². The molecule has 0 radical (unpaired) electrons. The molecule has 1 N–H and O–H groups in total. The number of carboxylic acid groups (broad SMARTS) is 1. The Morgan fingerprint density at radius 1 is 1.39 bits per heavy atom. The van der Waals surface area contributed by atoms with Gasteiger partial charge < -0.3 is 10.0 Å². The number of hydrogen-bond donors (Lipinski definition) is 1. The van der Waals surface area contributed by atoms with Crippen molar-refractivity contribution in [3.63, 3.8) is 0 Å². The zero-order chi connectivity index (χ0) is 13.1. The Hall–Kier alpha value is -1.51. The molecule has 3 nitrogen and oxygen atoms in total. The fourth-order valence-corrected chi connectivity index (χ4v) is 2.87. The third-order valence-corrected chi connectivity index (χ3v) is 3.92. The van der Waals surface area contributed by atoms with Crippen molar-refractivity contribution in [2.45, 2.75) is 39.2 Å². The highest BCUT2D eigenvalue weighted by atomic mass is 16.4. The van der Waals surface area contributed by atoms with Crippen molar-refractivity contribution in [2.24, 2.45) is 5.92 Å². The van der Waals surface area contributed by atoms with Crippen LogP contribution in [0.3, 0.4) is 0 Å². The maximum atomic E-state index is 11.3. The summed E-state index contributed by atoms with van der Waals surface area (Å²) in [5, 5.41) is 9.28. The van der Waals surface area contributed by atoms with E-state index in [1.54, 1.807) is 0 Å². The summed E-state index contributed by atoms with van der Waals surface area (Å²) in [5.74, 6) is -0.957. The predicted octanol–water partition coefficient (Wildman–Crippen LogP) is 2.94. The number of fused-ring (bicyclic) bond motifs is 1. The molecule has 18 heavy (non-hydrogen) atoms. The van der Waals surface area contributed by atoms with Crippen molar-refractivity contribution < 1.29 is 9.90 Å². The minimum Gasteiger partial charge on any atom is -0.481 e. The Morgan fingerprint density at radius 2 is 2.06 bits per heavy atom. The number of rotatable bonds is 4. The molecule has 0 bridgehead atoms. The predicted molar refractivity (Wildman–Crippen MR) is 73.0 cm³/mol. The van der Waals surface area contributed by atoms with Gasteiger partial charge >= 0.3 is 5.97 Å². The van der Waals surface area contributed by atoms with Crippen LogP contribution in [0.5, 0.6) is 0 Å². The molecule has 1 unspecified atom stereocenters. The number of carbonyl (C=O) groups is 1. The lowest BCUT2D eigenvalue weighted by Gasteiger charge is -2.39. The molecule has 1 heterocycles. The first-order chi connectivity index (χ1) is 8.67. The van der Waals surface area contributed by atoms with Crippen LogP contribution in [0.2, 0.25) is 0 Å². The number of anilines is 1. The molecule has 0 aromatic heterocycles. The molecule has 1 aromatic rings. The zero-order valence-electron chi connectivity index (χ0n) is 11.1. The van der Waals surface area contributed by atoms with Crippen molar-refractivity contribution in [3.8, 4) is 0 Å². The van der Waals surface area contributed by atoms with Crippen molar-refractivity contribution >= 4 is 11.7 Å². The molecule has 0 amide bonds. The molecule has 0 saturated heterocycles. The monoisotopic (exact) mass is 247 g/mol. The summed E-state index contributed by atoms with van der Waals surface area (Å²) >= 11 is 0. The summed E-state index contributed by atoms with van der Waals surface area (Å²) in [6, 6.07) is 8.64. The Kier molecular flexibility index (Phi) is 3.90. The fraction of sp³-hybridized carbons (Fsp3) is 0.533. The highest BCUT2D eigenvalue weighted by molar-refractivity contribution is 5.74. The van der Waals surface area contributed by atoms with E-state index in [9.17, 15) is 9.90 Å². The third-order valence-electron chi connectivity index (χ3n) is 3.92. The van der Waals surface area contributed by atoms with Crippen LogP contribution in [0.4, 0.5) is 5.69 Å². The van der Waals surface area contributed by atoms with Crippen molar-refractivity contribution in [1.82, 2.24) is 0 Å².